The number of benzene rings is 2. The normalized spacial score (nSPS) is 18.1. The van der Waals surface area contributed by atoms with E-state index in [0.29, 0.717) is 12.8 Å². The SMILES string of the molecule is NC(=O)[C@H](NC(=O)C(c1ccccc1)c1ccccc1)[C@@H]1CCCC(=O)C1. The van der Waals surface area contributed by atoms with Crippen molar-refractivity contribution in [3.05, 3.63) is 71.8 Å². The molecular formula is C22H24N2O3. The van der Waals surface area contributed by atoms with E-state index in [1.165, 1.54) is 0 Å². The number of ketones is 1. The molecule has 140 valence electrons. The Hall–Kier alpha value is -2.95. The van der Waals surface area contributed by atoms with E-state index < -0.39 is 17.9 Å². The first-order chi connectivity index (χ1) is 13.1. The zero-order valence-electron chi connectivity index (χ0n) is 15.1. The monoisotopic (exact) mass is 364 g/mol. The Labute approximate surface area is 159 Å². The third kappa shape index (κ3) is 4.61. The number of nitrogens with one attached hydrogen (secondary N) is 1. The molecule has 0 radical (unpaired) electrons. The second-order valence-corrected chi connectivity index (χ2v) is 7.04. The summed E-state index contributed by atoms with van der Waals surface area (Å²) in [6.45, 7) is 0. The van der Waals surface area contributed by atoms with E-state index >= 15 is 0 Å². The Morgan fingerprint density at radius 2 is 1.52 bits per heavy atom. The summed E-state index contributed by atoms with van der Waals surface area (Å²) in [7, 11) is 0. The Bertz CT molecular complexity index is 765. The van der Waals surface area contributed by atoms with Gasteiger partial charge in [0.25, 0.3) is 0 Å². The van der Waals surface area contributed by atoms with Crippen LogP contribution in [-0.4, -0.2) is 23.6 Å². The van der Waals surface area contributed by atoms with Crippen molar-refractivity contribution in [1.29, 1.82) is 0 Å². The number of hydrogen-bond donors (Lipinski definition) is 2. The van der Waals surface area contributed by atoms with Crippen molar-refractivity contribution in [2.24, 2.45) is 11.7 Å². The van der Waals surface area contributed by atoms with Crippen molar-refractivity contribution in [3.63, 3.8) is 0 Å². The van der Waals surface area contributed by atoms with Crippen molar-refractivity contribution in [1.82, 2.24) is 5.32 Å². The average molecular weight is 364 g/mol. The van der Waals surface area contributed by atoms with Gasteiger partial charge in [0, 0.05) is 12.8 Å². The van der Waals surface area contributed by atoms with Crippen LogP contribution in [0.5, 0.6) is 0 Å². The molecule has 0 spiro atoms. The predicted molar refractivity (Wildman–Crippen MR) is 103 cm³/mol. The summed E-state index contributed by atoms with van der Waals surface area (Å²) in [5.41, 5.74) is 7.25. The van der Waals surface area contributed by atoms with Gasteiger partial charge in [-0.05, 0) is 29.9 Å². The van der Waals surface area contributed by atoms with Gasteiger partial charge in [0.05, 0.1) is 5.92 Å². The molecule has 0 unspecified atom stereocenters. The fourth-order valence-corrected chi connectivity index (χ4v) is 3.79. The first-order valence-electron chi connectivity index (χ1n) is 9.27. The second-order valence-electron chi connectivity index (χ2n) is 7.04. The summed E-state index contributed by atoms with van der Waals surface area (Å²) in [6, 6.07) is 18.0. The fraction of sp³-hybridized carbons (Fsp3) is 0.318. The van der Waals surface area contributed by atoms with Gasteiger partial charge in [0.1, 0.15) is 11.8 Å². The van der Waals surface area contributed by atoms with Crippen LogP contribution in [0.15, 0.2) is 60.7 Å². The van der Waals surface area contributed by atoms with E-state index in [9.17, 15) is 14.4 Å². The van der Waals surface area contributed by atoms with Gasteiger partial charge in [-0.3, -0.25) is 14.4 Å². The minimum atomic E-state index is -0.836. The number of hydrogen-bond acceptors (Lipinski definition) is 3. The highest BCUT2D eigenvalue weighted by atomic mass is 16.2. The average Bonchev–Trinajstić information content (AvgIpc) is 2.68. The maximum absolute atomic E-state index is 13.2. The van der Waals surface area contributed by atoms with Crippen molar-refractivity contribution in [2.75, 3.05) is 0 Å². The zero-order valence-corrected chi connectivity index (χ0v) is 15.1. The third-order valence-corrected chi connectivity index (χ3v) is 5.12. The van der Waals surface area contributed by atoms with Crippen LogP contribution in [0.2, 0.25) is 0 Å². The van der Waals surface area contributed by atoms with Gasteiger partial charge in [0.15, 0.2) is 0 Å². The molecule has 0 aliphatic heterocycles. The third-order valence-electron chi connectivity index (χ3n) is 5.12. The van der Waals surface area contributed by atoms with Crippen LogP contribution in [0, 0.1) is 5.92 Å². The molecule has 27 heavy (non-hydrogen) atoms. The van der Waals surface area contributed by atoms with E-state index in [2.05, 4.69) is 5.32 Å². The lowest BCUT2D eigenvalue weighted by Gasteiger charge is -2.29. The van der Waals surface area contributed by atoms with Gasteiger partial charge in [-0.25, -0.2) is 0 Å². The molecule has 0 bridgehead atoms. The topological polar surface area (TPSA) is 89.3 Å². The maximum atomic E-state index is 13.2. The summed E-state index contributed by atoms with van der Waals surface area (Å²) in [5.74, 6) is -1.54. The highest BCUT2D eigenvalue weighted by Gasteiger charge is 2.34. The largest absolute Gasteiger partial charge is 0.368 e. The van der Waals surface area contributed by atoms with Crippen LogP contribution < -0.4 is 11.1 Å². The van der Waals surface area contributed by atoms with Gasteiger partial charge in [-0.1, -0.05) is 60.7 Å². The molecule has 2 atom stereocenters. The molecule has 1 aliphatic rings. The van der Waals surface area contributed by atoms with Gasteiger partial charge < -0.3 is 11.1 Å². The van der Waals surface area contributed by atoms with Gasteiger partial charge in [-0.2, -0.15) is 0 Å². The maximum Gasteiger partial charge on any atom is 0.240 e. The lowest BCUT2D eigenvalue weighted by atomic mass is 9.82. The van der Waals surface area contributed by atoms with Gasteiger partial charge in [-0.15, -0.1) is 0 Å². The number of Topliss-reactive ketones (excluding diaryl/α,β-unsaturated/α-hetero) is 1. The summed E-state index contributed by atoms with van der Waals surface area (Å²) in [4.78, 5) is 37.0. The smallest absolute Gasteiger partial charge is 0.240 e. The highest BCUT2D eigenvalue weighted by Crippen LogP contribution is 2.28. The molecule has 3 rings (SSSR count). The van der Waals surface area contributed by atoms with Gasteiger partial charge in [0.2, 0.25) is 11.8 Å². The molecular weight excluding hydrogens is 340 g/mol. The van der Waals surface area contributed by atoms with Crippen molar-refractivity contribution < 1.29 is 14.4 Å². The van der Waals surface area contributed by atoms with E-state index in [4.69, 9.17) is 5.73 Å². The minimum Gasteiger partial charge on any atom is -0.368 e. The molecule has 0 heterocycles. The number of carbonyl (C=O) groups is 3. The summed E-state index contributed by atoms with van der Waals surface area (Å²) in [6.07, 6.45) is 2.26. The molecule has 2 aromatic rings. The summed E-state index contributed by atoms with van der Waals surface area (Å²) < 4.78 is 0. The molecule has 1 fully saturated rings. The number of carbonyl (C=O) groups excluding carboxylic acids is 3. The standard InChI is InChI=1S/C22H24N2O3/c23-21(26)20(17-12-7-13-18(25)14-17)24-22(27)19(15-8-3-1-4-9-15)16-10-5-2-6-11-16/h1-6,8-11,17,19-20H,7,12-14H2,(H2,23,26)(H,24,27)/t17-,20-/m1/s1. The number of primary amides is 1. The molecule has 0 aromatic heterocycles. The number of rotatable bonds is 6. The van der Waals surface area contributed by atoms with Crippen LogP contribution in [0.3, 0.4) is 0 Å². The molecule has 5 nitrogen and oxygen atoms in total. The Morgan fingerprint density at radius 3 is 2.00 bits per heavy atom. The van der Waals surface area contributed by atoms with E-state index in [1.54, 1.807) is 0 Å². The second kappa shape index (κ2) is 8.62. The molecule has 3 N–H and O–H groups in total. The quantitative estimate of drug-likeness (QED) is 0.825. The number of nitrogens with two attached hydrogens (primary N) is 1. The Balaban J connectivity index is 1.87. The van der Waals surface area contributed by atoms with Gasteiger partial charge >= 0.3 is 0 Å². The molecule has 5 heteroatoms. The summed E-state index contributed by atoms with van der Waals surface area (Å²) in [5, 5.41) is 2.84. The van der Waals surface area contributed by atoms with Crippen molar-refractivity contribution in [2.45, 2.75) is 37.6 Å². The molecule has 0 saturated heterocycles. The van der Waals surface area contributed by atoms with Crippen molar-refractivity contribution in [3.8, 4) is 0 Å². The van der Waals surface area contributed by atoms with Crippen LogP contribution in [-0.2, 0) is 14.4 Å². The van der Waals surface area contributed by atoms with E-state index in [-0.39, 0.29) is 24.0 Å². The minimum absolute atomic E-state index is 0.120. The molecule has 1 aliphatic carbocycles. The first-order valence-corrected chi connectivity index (χ1v) is 9.27. The summed E-state index contributed by atoms with van der Waals surface area (Å²) >= 11 is 0. The highest BCUT2D eigenvalue weighted by molar-refractivity contribution is 5.92. The first kappa shape index (κ1) is 18.8. The van der Waals surface area contributed by atoms with E-state index in [1.807, 2.05) is 60.7 Å². The van der Waals surface area contributed by atoms with Crippen LogP contribution in [0.4, 0.5) is 0 Å². The lowest BCUT2D eigenvalue weighted by Crippen LogP contribution is -2.51. The fourth-order valence-electron chi connectivity index (χ4n) is 3.79. The molecule has 1 saturated carbocycles. The van der Waals surface area contributed by atoms with Crippen LogP contribution >= 0.6 is 0 Å². The zero-order chi connectivity index (χ0) is 19.2. The Morgan fingerprint density at radius 1 is 0.963 bits per heavy atom. The Kier molecular flexibility index (Phi) is 6.01. The van der Waals surface area contributed by atoms with E-state index in [0.717, 1.165) is 17.5 Å². The molecule has 2 aromatic carbocycles. The molecule has 2 amide bonds. The number of amides is 2. The predicted octanol–water partition coefficient (Wildman–Crippen LogP) is 2.55. The lowest BCUT2D eigenvalue weighted by molar-refractivity contribution is -0.130. The van der Waals surface area contributed by atoms with Crippen LogP contribution in [0.1, 0.15) is 42.7 Å². The van der Waals surface area contributed by atoms with Crippen molar-refractivity contribution >= 4 is 17.6 Å². The van der Waals surface area contributed by atoms with Crippen LogP contribution in [0.25, 0.3) is 0 Å².